The van der Waals surface area contributed by atoms with Crippen molar-refractivity contribution in [2.45, 2.75) is 26.3 Å². The number of aryl methyl sites for hydroxylation is 2. The van der Waals surface area contributed by atoms with Crippen LogP contribution in [0.25, 0.3) is 10.9 Å². The number of hydrogen-bond donors (Lipinski definition) is 2. The zero-order valence-electron chi connectivity index (χ0n) is 12.1. The molecular formula is C17H18N2O2. The fourth-order valence-electron chi connectivity index (χ4n) is 2.97. The molecule has 0 aliphatic carbocycles. The van der Waals surface area contributed by atoms with Gasteiger partial charge in [-0.3, -0.25) is 0 Å². The minimum Gasteiger partial charge on any atom is -0.480 e. The number of nitrogens with one attached hydrogen (secondary N) is 1. The molecule has 0 radical (unpaired) electrons. The van der Waals surface area contributed by atoms with E-state index in [1.807, 2.05) is 61.0 Å². The predicted octanol–water partition coefficient (Wildman–Crippen LogP) is 3.45. The Morgan fingerprint density at radius 2 is 1.86 bits per heavy atom. The van der Waals surface area contributed by atoms with Crippen LogP contribution in [-0.2, 0) is 11.2 Å². The Kier molecular flexibility index (Phi) is 3.29. The van der Waals surface area contributed by atoms with E-state index in [1.54, 1.807) is 0 Å². The summed E-state index contributed by atoms with van der Waals surface area (Å²) in [6.45, 7) is 3.89. The lowest BCUT2D eigenvalue weighted by Gasteiger charge is -2.18. The van der Waals surface area contributed by atoms with Gasteiger partial charge in [0.2, 0.25) is 0 Å². The number of hydrogen-bond acceptors (Lipinski definition) is 1. The number of aliphatic carboxylic acids is 1. The zero-order chi connectivity index (χ0) is 15.0. The van der Waals surface area contributed by atoms with Crippen molar-refractivity contribution < 1.29 is 9.90 Å². The number of para-hydroxylation sites is 1. The molecule has 0 saturated carbocycles. The monoisotopic (exact) mass is 282 g/mol. The first-order valence-electron chi connectivity index (χ1n) is 7.00. The summed E-state index contributed by atoms with van der Waals surface area (Å²) in [6.07, 6.45) is 2.38. The number of aromatic amines is 1. The highest BCUT2D eigenvalue weighted by molar-refractivity contribution is 5.84. The van der Waals surface area contributed by atoms with E-state index in [1.165, 1.54) is 0 Å². The molecule has 0 spiro atoms. The molecule has 0 fully saturated rings. The quantitative estimate of drug-likeness (QED) is 0.770. The van der Waals surface area contributed by atoms with Gasteiger partial charge in [0.25, 0.3) is 0 Å². The third kappa shape index (κ3) is 2.33. The maximum Gasteiger partial charge on any atom is 0.327 e. The van der Waals surface area contributed by atoms with Crippen LogP contribution in [0.4, 0.5) is 0 Å². The standard InChI is InChI=1S/C17H18N2O2/c1-11-7-8-12(2)19(11)16(17(20)21)9-13-10-18-15-6-4-3-5-14(13)15/h3-8,10,16,18H,9H2,1-2H3,(H,20,21)/t16-/m0/s1. The van der Waals surface area contributed by atoms with Gasteiger partial charge < -0.3 is 14.7 Å². The fourth-order valence-corrected chi connectivity index (χ4v) is 2.97. The highest BCUT2D eigenvalue weighted by Crippen LogP contribution is 2.25. The zero-order valence-corrected chi connectivity index (χ0v) is 12.1. The number of aromatic nitrogens is 2. The highest BCUT2D eigenvalue weighted by atomic mass is 16.4. The molecule has 1 aromatic carbocycles. The fraction of sp³-hybridized carbons (Fsp3) is 0.235. The number of nitrogens with zero attached hydrogens (tertiary/aromatic N) is 1. The topological polar surface area (TPSA) is 58.0 Å². The molecule has 1 atom stereocenters. The Balaban J connectivity index is 2.02. The van der Waals surface area contributed by atoms with Crippen LogP contribution in [0.15, 0.2) is 42.6 Å². The van der Waals surface area contributed by atoms with Crippen LogP contribution in [0.2, 0.25) is 0 Å². The van der Waals surface area contributed by atoms with Crippen molar-refractivity contribution in [3.05, 3.63) is 59.5 Å². The normalized spacial score (nSPS) is 12.7. The summed E-state index contributed by atoms with van der Waals surface area (Å²) in [4.78, 5) is 14.9. The molecule has 2 heterocycles. The molecule has 2 N–H and O–H groups in total. The average molecular weight is 282 g/mol. The second-order valence-corrected chi connectivity index (χ2v) is 5.40. The van der Waals surface area contributed by atoms with Crippen LogP contribution in [0.5, 0.6) is 0 Å². The van der Waals surface area contributed by atoms with Gasteiger partial charge in [0, 0.05) is 34.9 Å². The summed E-state index contributed by atoms with van der Waals surface area (Å²) >= 11 is 0. The maximum absolute atomic E-state index is 11.7. The van der Waals surface area contributed by atoms with Crippen molar-refractivity contribution in [1.82, 2.24) is 9.55 Å². The van der Waals surface area contributed by atoms with Gasteiger partial charge in [0.15, 0.2) is 0 Å². The molecular weight excluding hydrogens is 264 g/mol. The first-order chi connectivity index (χ1) is 10.1. The number of carboxylic acid groups (broad SMARTS) is 1. The van der Waals surface area contributed by atoms with Crippen LogP contribution in [-0.4, -0.2) is 20.6 Å². The number of carbonyl (C=O) groups is 1. The summed E-state index contributed by atoms with van der Waals surface area (Å²) < 4.78 is 1.89. The Labute approximate surface area is 123 Å². The Morgan fingerprint density at radius 3 is 2.52 bits per heavy atom. The first-order valence-corrected chi connectivity index (χ1v) is 7.00. The van der Waals surface area contributed by atoms with Gasteiger partial charge in [-0.1, -0.05) is 18.2 Å². The second kappa shape index (κ2) is 5.13. The van der Waals surface area contributed by atoms with Crippen LogP contribution < -0.4 is 0 Å². The first kappa shape index (κ1) is 13.5. The van der Waals surface area contributed by atoms with E-state index in [-0.39, 0.29) is 0 Å². The summed E-state index contributed by atoms with van der Waals surface area (Å²) in [6, 6.07) is 11.3. The van der Waals surface area contributed by atoms with E-state index in [2.05, 4.69) is 4.98 Å². The third-order valence-electron chi connectivity index (χ3n) is 4.01. The summed E-state index contributed by atoms with van der Waals surface area (Å²) in [5, 5.41) is 10.7. The lowest BCUT2D eigenvalue weighted by molar-refractivity contribution is -0.141. The molecule has 0 aliphatic heterocycles. The molecule has 3 aromatic rings. The lowest BCUT2D eigenvalue weighted by Crippen LogP contribution is -2.23. The van der Waals surface area contributed by atoms with E-state index >= 15 is 0 Å². The molecule has 0 unspecified atom stereocenters. The minimum atomic E-state index is -0.803. The van der Waals surface area contributed by atoms with Crippen LogP contribution in [0, 0.1) is 13.8 Å². The number of rotatable bonds is 4. The summed E-state index contributed by atoms with van der Waals surface area (Å²) in [5.74, 6) is -0.803. The molecule has 108 valence electrons. The number of carboxylic acids is 1. The summed E-state index contributed by atoms with van der Waals surface area (Å²) in [5.41, 5.74) is 4.02. The predicted molar refractivity (Wildman–Crippen MR) is 82.6 cm³/mol. The van der Waals surface area contributed by atoms with Gasteiger partial charge in [-0.2, -0.15) is 0 Å². The van der Waals surface area contributed by atoms with E-state index in [0.717, 1.165) is 27.9 Å². The van der Waals surface area contributed by atoms with Gasteiger partial charge in [-0.25, -0.2) is 4.79 Å². The van der Waals surface area contributed by atoms with Crippen molar-refractivity contribution in [3.8, 4) is 0 Å². The SMILES string of the molecule is Cc1ccc(C)n1[C@@H](Cc1c[nH]c2ccccc12)C(=O)O. The largest absolute Gasteiger partial charge is 0.480 e. The summed E-state index contributed by atoms with van der Waals surface area (Å²) in [7, 11) is 0. The second-order valence-electron chi connectivity index (χ2n) is 5.40. The smallest absolute Gasteiger partial charge is 0.327 e. The number of benzene rings is 1. The average Bonchev–Trinajstić information content (AvgIpc) is 3.01. The molecule has 21 heavy (non-hydrogen) atoms. The lowest BCUT2D eigenvalue weighted by atomic mass is 10.0. The van der Waals surface area contributed by atoms with Crippen molar-refractivity contribution in [1.29, 1.82) is 0 Å². The number of H-pyrrole nitrogens is 1. The van der Waals surface area contributed by atoms with Gasteiger partial charge in [-0.15, -0.1) is 0 Å². The van der Waals surface area contributed by atoms with Gasteiger partial charge >= 0.3 is 5.97 Å². The molecule has 2 aromatic heterocycles. The van der Waals surface area contributed by atoms with Gasteiger partial charge in [-0.05, 0) is 37.6 Å². The van der Waals surface area contributed by atoms with E-state index in [0.29, 0.717) is 6.42 Å². The number of fused-ring (bicyclic) bond motifs is 1. The van der Waals surface area contributed by atoms with Gasteiger partial charge in [0.1, 0.15) is 6.04 Å². The molecule has 0 amide bonds. The Morgan fingerprint density at radius 1 is 1.19 bits per heavy atom. The molecule has 3 rings (SSSR count). The van der Waals surface area contributed by atoms with E-state index < -0.39 is 12.0 Å². The molecule has 0 saturated heterocycles. The maximum atomic E-state index is 11.7. The van der Waals surface area contributed by atoms with Crippen LogP contribution >= 0.6 is 0 Å². The Hall–Kier alpha value is -2.49. The van der Waals surface area contributed by atoms with Crippen LogP contribution in [0.1, 0.15) is 23.0 Å². The van der Waals surface area contributed by atoms with Crippen molar-refractivity contribution in [3.63, 3.8) is 0 Å². The van der Waals surface area contributed by atoms with Gasteiger partial charge in [0.05, 0.1) is 0 Å². The molecule has 4 heteroatoms. The van der Waals surface area contributed by atoms with Crippen molar-refractivity contribution >= 4 is 16.9 Å². The molecule has 0 aliphatic rings. The Bertz CT molecular complexity index is 779. The van der Waals surface area contributed by atoms with Crippen molar-refractivity contribution in [2.24, 2.45) is 0 Å². The van der Waals surface area contributed by atoms with E-state index in [4.69, 9.17) is 0 Å². The third-order valence-corrected chi connectivity index (χ3v) is 4.01. The van der Waals surface area contributed by atoms with Crippen LogP contribution in [0.3, 0.4) is 0 Å². The van der Waals surface area contributed by atoms with E-state index in [9.17, 15) is 9.90 Å². The van der Waals surface area contributed by atoms with Crippen molar-refractivity contribution in [2.75, 3.05) is 0 Å². The minimum absolute atomic E-state index is 0.468. The highest BCUT2D eigenvalue weighted by Gasteiger charge is 2.23. The molecule has 4 nitrogen and oxygen atoms in total. The molecule has 0 bridgehead atoms.